The quantitative estimate of drug-likeness (QED) is 0.500. The van der Waals surface area contributed by atoms with E-state index in [0.29, 0.717) is 12.0 Å². The van der Waals surface area contributed by atoms with Gasteiger partial charge < -0.3 is 20.1 Å². The molecule has 0 saturated carbocycles. The van der Waals surface area contributed by atoms with Crippen LogP contribution in [0.2, 0.25) is 0 Å². The van der Waals surface area contributed by atoms with Crippen molar-refractivity contribution < 1.29 is 19.1 Å². The van der Waals surface area contributed by atoms with Crippen molar-refractivity contribution in [2.45, 2.75) is 50.5 Å². The molecule has 0 fully saturated rings. The van der Waals surface area contributed by atoms with Crippen LogP contribution in [0, 0.1) is 0 Å². The maximum Gasteiger partial charge on any atom is 0.337 e. The summed E-state index contributed by atoms with van der Waals surface area (Å²) in [5.74, 6) is -0.883. The summed E-state index contributed by atoms with van der Waals surface area (Å²) in [6.45, 7) is 5.70. The summed E-state index contributed by atoms with van der Waals surface area (Å²) >= 11 is 0. The standard InChI is InChI=1S/C27H30N2O4/c1-26(2,3)29-24(30)22-20-15-16-27(33-20,23(22)25(31)32-4)21(17-18-11-7-5-8-12-18)28-19-13-9-6-10-14-19/h5-16,20-21,28H,17H2,1-4H3,(H,29,30). The van der Waals surface area contributed by atoms with Gasteiger partial charge in [-0.15, -0.1) is 0 Å². The van der Waals surface area contributed by atoms with Crippen molar-refractivity contribution in [3.05, 3.63) is 89.5 Å². The average molecular weight is 447 g/mol. The first-order chi connectivity index (χ1) is 15.7. The molecule has 2 aliphatic rings. The Morgan fingerprint density at radius 3 is 2.30 bits per heavy atom. The molecule has 33 heavy (non-hydrogen) atoms. The van der Waals surface area contributed by atoms with E-state index in [9.17, 15) is 9.59 Å². The summed E-state index contributed by atoms with van der Waals surface area (Å²) in [5.41, 5.74) is 0.933. The van der Waals surface area contributed by atoms with Gasteiger partial charge in [0.05, 0.1) is 24.3 Å². The van der Waals surface area contributed by atoms with Gasteiger partial charge in [-0.3, -0.25) is 4.79 Å². The monoisotopic (exact) mass is 446 g/mol. The Kier molecular flexibility index (Phi) is 6.13. The molecule has 6 heteroatoms. The number of amides is 1. The summed E-state index contributed by atoms with van der Waals surface area (Å²) in [7, 11) is 1.33. The maximum absolute atomic E-state index is 13.3. The first kappa shape index (κ1) is 22.8. The van der Waals surface area contributed by atoms with Gasteiger partial charge in [0.15, 0.2) is 0 Å². The molecule has 2 N–H and O–H groups in total. The van der Waals surface area contributed by atoms with E-state index < -0.39 is 23.2 Å². The Morgan fingerprint density at radius 2 is 1.70 bits per heavy atom. The molecule has 2 aromatic rings. The zero-order valence-corrected chi connectivity index (χ0v) is 19.4. The largest absolute Gasteiger partial charge is 0.466 e. The minimum absolute atomic E-state index is 0.253. The summed E-state index contributed by atoms with van der Waals surface area (Å²) in [6, 6.07) is 19.4. The lowest BCUT2D eigenvalue weighted by Crippen LogP contribution is -2.50. The zero-order chi connectivity index (χ0) is 23.6. The normalized spacial score (nSPS) is 22.2. The fraction of sp³-hybridized carbons (Fsp3) is 0.333. The van der Waals surface area contributed by atoms with Crippen LogP contribution in [-0.2, 0) is 25.5 Å². The van der Waals surface area contributed by atoms with Crippen LogP contribution in [0.5, 0.6) is 0 Å². The van der Waals surface area contributed by atoms with Gasteiger partial charge in [-0.2, -0.15) is 0 Å². The predicted octanol–water partition coefficient (Wildman–Crippen LogP) is 3.80. The number of anilines is 1. The highest BCUT2D eigenvalue weighted by molar-refractivity contribution is 6.07. The molecule has 3 atom stereocenters. The molecule has 0 spiro atoms. The molecule has 1 amide bonds. The number of methoxy groups -OCH3 is 1. The van der Waals surface area contributed by atoms with E-state index in [0.717, 1.165) is 11.3 Å². The first-order valence-electron chi connectivity index (χ1n) is 11.1. The van der Waals surface area contributed by atoms with E-state index in [-0.39, 0.29) is 17.5 Å². The Hall–Kier alpha value is -3.38. The summed E-state index contributed by atoms with van der Waals surface area (Å²) in [6.07, 6.45) is 3.70. The summed E-state index contributed by atoms with van der Waals surface area (Å²) in [4.78, 5) is 26.3. The van der Waals surface area contributed by atoms with Crippen LogP contribution in [-0.4, -0.2) is 42.3 Å². The lowest BCUT2D eigenvalue weighted by atomic mass is 9.78. The third-order valence-electron chi connectivity index (χ3n) is 5.82. The molecule has 0 aliphatic carbocycles. The second-order valence-electron chi connectivity index (χ2n) is 9.43. The minimum Gasteiger partial charge on any atom is -0.466 e. The molecule has 0 saturated heterocycles. The number of carbonyl (C=O) groups is 2. The van der Waals surface area contributed by atoms with E-state index in [4.69, 9.17) is 9.47 Å². The fourth-order valence-corrected chi connectivity index (χ4v) is 4.46. The van der Waals surface area contributed by atoms with Gasteiger partial charge in [0.25, 0.3) is 5.91 Å². The van der Waals surface area contributed by atoms with Crippen LogP contribution < -0.4 is 10.6 Å². The SMILES string of the molecule is COC(=O)C1=C(C(=O)NC(C)(C)C)C2C=CC1(C(Cc1ccccc1)Nc1ccccc1)O2. The van der Waals surface area contributed by atoms with Gasteiger partial charge in [-0.25, -0.2) is 4.79 Å². The Morgan fingerprint density at radius 1 is 1.06 bits per heavy atom. The fourth-order valence-electron chi connectivity index (χ4n) is 4.46. The van der Waals surface area contributed by atoms with Crippen LogP contribution in [0.3, 0.4) is 0 Å². The Bertz CT molecular complexity index is 1040. The number of benzene rings is 2. The number of para-hydroxylation sites is 1. The maximum atomic E-state index is 13.3. The molecule has 6 nitrogen and oxygen atoms in total. The minimum atomic E-state index is -1.14. The van der Waals surface area contributed by atoms with Crippen LogP contribution in [0.1, 0.15) is 26.3 Å². The van der Waals surface area contributed by atoms with E-state index in [1.165, 1.54) is 7.11 Å². The van der Waals surface area contributed by atoms with Gasteiger partial charge >= 0.3 is 5.97 Å². The number of hydrogen-bond donors (Lipinski definition) is 2. The summed E-state index contributed by atoms with van der Waals surface area (Å²) < 4.78 is 11.6. The van der Waals surface area contributed by atoms with Crippen molar-refractivity contribution in [1.29, 1.82) is 0 Å². The highest BCUT2D eigenvalue weighted by Crippen LogP contribution is 2.47. The third kappa shape index (κ3) is 4.57. The Balaban J connectivity index is 1.80. The number of fused-ring (bicyclic) bond motifs is 2. The lowest BCUT2D eigenvalue weighted by molar-refractivity contribution is -0.138. The molecule has 3 unspecified atom stereocenters. The second-order valence-corrected chi connectivity index (χ2v) is 9.43. The van der Waals surface area contributed by atoms with Crippen LogP contribution >= 0.6 is 0 Å². The topological polar surface area (TPSA) is 76.7 Å². The highest BCUT2D eigenvalue weighted by Gasteiger charge is 2.58. The van der Waals surface area contributed by atoms with Crippen LogP contribution in [0.15, 0.2) is 84.0 Å². The molecule has 2 bridgehead atoms. The number of hydrogen-bond acceptors (Lipinski definition) is 5. The van der Waals surface area contributed by atoms with Gasteiger partial charge in [-0.1, -0.05) is 54.6 Å². The third-order valence-corrected chi connectivity index (χ3v) is 5.82. The van der Waals surface area contributed by atoms with Crippen molar-refractivity contribution in [2.75, 3.05) is 12.4 Å². The van der Waals surface area contributed by atoms with E-state index in [1.54, 1.807) is 0 Å². The first-order valence-corrected chi connectivity index (χ1v) is 11.1. The van der Waals surface area contributed by atoms with E-state index in [2.05, 4.69) is 10.6 Å². The van der Waals surface area contributed by atoms with Crippen molar-refractivity contribution in [2.24, 2.45) is 0 Å². The molecular weight excluding hydrogens is 416 g/mol. The molecule has 2 heterocycles. The number of ether oxygens (including phenoxy) is 2. The second kappa shape index (κ2) is 8.87. The van der Waals surface area contributed by atoms with E-state index >= 15 is 0 Å². The summed E-state index contributed by atoms with van der Waals surface area (Å²) in [5, 5.41) is 6.53. The number of nitrogens with one attached hydrogen (secondary N) is 2. The van der Waals surface area contributed by atoms with Crippen molar-refractivity contribution in [3.63, 3.8) is 0 Å². The molecule has 172 valence electrons. The molecule has 4 rings (SSSR count). The van der Waals surface area contributed by atoms with Crippen LogP contribution in [0.25, 0.3) is 0 Å². The number of carbonyl (C=O) groups excluding carboxylic acids is 2. The average Bonchev–Trinajstić information content (AvgIpc) is 3.36. The molecular formula is C27H30N2O4. The smallest absolute Gasteiger partial charge is 0.337 e. The Labute approximate surface area is 194 Å². The lowest BCUT2D eigenvalue weighted by Gasteiger charge is -2.36. The van der Waals surface area contributed by atoms with Crippen molar-refractivity contribution >= 4 is 17.6 Å². The van der Waals surface area contributed by atoms with Gasteiger partial charge in [0, 0.05) is 11.2 Å². The number of rotatable bonds is 7. The molecule has 0 aromatic heterocycles. The predicted molar refractivity (Wildman–Crippen MR) is 128 cm³/mol. The highest BCUT2D eigenvalue weighted by atomic mass is 16.5. The number of esters is 1. The van der Waals surface area contributed by atoms with E-state index in [1.807, 2.05) is 93.6 Å². The van der Waals surface area contributed by atoms with Gasteiger partial charge in [-0.05, 0) is 51.0 Å². The molecule has 0 radical (unpaired) electrons. The zero-order valence-electron chi connectivity index (χ0n) is 19.4. The van der Waals surface area contributed by atoms with Gasteiger partial charge in [0.2, 0.25) is 0 Å². The van der Waals surface area contributed by atoms with Crippen LogP contribution in [0.4, 0.5) is 5.69 Å². The van der Waals surface area contributed by atoms with Gasteiger partial charge in [0.1, 0.15) is 11.7 Å². The van der Waals surface area contributed by atoms with Crippen molar-refractivity contribution in [1.82, 2.24) is 5.32 Å². The molecule has 2 aromatic carbocycles. The van der Waals surface area contributed by atoms with Crippen molar-refractivity contribution in [3.8, 4) is 0 Å². The molecule has 2 aliphatic heterocycles.